The molecular weight excluding hydrogens is 166 g/mol. The highest BCUT2D eigenvalue weighted by Gasteiger charge is 1.95. The van der Waals surface area contributed by atoms with Crippen molar-refractivity contribution in [1.29, 1.82) is 0 Å². The molecule has 0 atom stereocenters. The summed E-state index contributed by atoms with van der Waals surface area (Å²) in [4.78, 5) is 1.82. The molecule has 0 unspecified atom stereocenters. The van der Waals surface area contributed by atoms with E-state index in [1.165, 1.54) is 0 Å². The molecule has 4 N–H and O–H groups in total. The zero-order chi connectivity index (χ0) is 7.98. The molecule has 10 heavy (non-hydrogen) atoms. The van der Waals surface area contributed by atoms with Crippen molar-refractivity contribution in [3.63, 3.8) is 0 Å². The fraction of sp³-hybridized carbons (Fsp3) is 0.800. The lowest BCUT2D eigenvalue weighted by Gasteiger charge is -2.26. The molecule has 3 nitrogen and oxygen atoms in total. The van der Waals surface area contributed by atoms with Crippen molar-refractivity contribution in [1.82, 2.24) is 4.90 Å². The zero-order valence-electron chi connectivity index (χ0n) is 5.75. The van der Waals surface area contributed by atoms with Gasteiger partial charge in [0.15, 0.2) is 0 Å². The van der Waals surface area contributed by atoms with Gasteiger partial charge in [-0.05, 0) is 0 Å². The minimum absolute atomic E-state index is 0.455. The van der Waals surface area contributed by atoms with Gasteiger partial charge < -0.3 is 41.2 Å². The van der Waals surface area contributed by atoms with Gasteiger partial charge in [0, 0.05) is 26.2 Å². The topological polar surface area (TPSA) is 55.3 Å². The van der Waals surface area contributed by atoms with E-state index in [0.717, 1.165) is 0 Å². The van der Waals surface area contributed by atoms with Crippen molar-refractivity contribution in [2.45, 2.75) is 0 Å². The van der Waals surface area contributed by atoms with E-state index >= 15 is 0 Å². The smallest absolute Gasteiger partial charge is 0.0286 e. The van der Waals surface area contributed by atoms with Gasteiger partial charge in [0.1, 0.15) is 0 Å². The molecule has 0 aromatic rings. The van der Waals surface area contributed by atoms with E-state index in [2.05, 4.69) is 0 Å². The van der Waals surface area contributed by atoms with Crippen LogP contribution in [-0.4, -0.2) is 35.4 Å². The van der Waals surface area contributed by atoms with Crippen LogP contribution < -0.4 is 11.5 Å². The van der Waals surface area contributed by atoms with Crippen LogP contribution in [0.4, 0.5) is 0 Å². The van der Waals surface area contributed by atoms with E-state index in [0.29, 0.717) is 30.5 Å². The summed E-state index contributed by atoms with van der Waals surface area (Å²) in [6.07, 6.45) is 0. The molecule has 0 saturated heterocycles. The second-order valence-electron chi connectivity index (χ2n) is 1.83. The van der Waals surface area contributed by atoms with Crippen molar-refractivity contribution in [3.8, 4) is 0 Å². The molecule has 0 rings (SSSR count). The Morgan fingerprint density at radius 2 is 1.70 bits per heavy atom. The van der Waals surface area contributed by atoms with E-state index in [1.807, 2.05) is 4.90 Å². The Labute approximate surface area is 72.2 Å². The van der Waals surface area contributed by atoms with E-state index < -0.39 is 0 Å². The summed E-state index contributed by atoms with van der Waals surface area (Å²) in [7, 11) is 0. The van der Waals surface area contributed by atoms with Crippen LogP contribution in [0.3, 0.4) is 0 Å². The molecule has 0 fully saturated rings. The van der Waals surface area contributed by atoms with E-state index in [-0.39, 0.29) is 0 Å². The Balaban J connectivity index is 3.61. The van der Waals surface area contributed by atoms with Gasteiger partial charge in [-0.15, -0.1) is 0 Å². The number of rotatable bonds is 4. The predicted octanol–water partition coefficient (Wildman–Crippen LogP) is -0.962. The van der Waals surface area contributed by atoms with Gasteiger partial charge in [0.2, 0.25) is 0 Å². The lowest BCUT2D eigenvalue weighted by molar-refractivity contribution is 0.453. The third-order valence-corrected chi connectivity index (χ3v) is 1.57. The van der Waals surface area contributed by atoms with Gasteiger partial charge in [-0.3, -0.25) is 0 Å². The molecule has 0 bridgehead atoms. The molecule has 0 aliphatic carbocycles. The highest BCUT2D eigenvalue weighted by Crippen LogP contribution is 1.87. The first-order valence-electron chi connectivity index (χ1n) is 3.08. The summed E-state index contributed by atoms with van der Waals surface area (Å²) in [5, 5.41) is 0. The number of nitrogens with two attached hydrogens (primary N) is 2. The summed E-state index contributed by atoms with van der Waals surface area (Å²) < 4.78 is 0.455. The van der Waals surface area contributed by atoms with E-state index in [4.69, 9.17) is 36.3 Å². The first-order valence-corrected chi connectivity index (χ1v) is 3.90. The molecule has 5 heteroatoms. The first-order chi connectivity index (χ1) is 4.72. The van der Waals surface area contributed by atoms with Crippen molar-refractivity contribution in [3.05, 3.63) is 0 Å². The molecule has 0 saturated carbocycles. The Kier molecular flexibility index (Phi) is 5.81. The van der Waals surface area contributed by atoms with Crippen LogP contribution in [-0.2, 0) is 12.6 Å². The number of hydrogen-bond acceptors (Lipinski definition) is 4. The Bertz CT molecular complexity index is 101. The monoisotopic (exact) mass is 178 g/mol. The number of thiocarbonyl (C=S) groups is 1. The molecule has 0 spiro atoms. The third-order valence-electron chi connectivity index (χ3n) is 1.06. The Hall–Kier alpha value is 0.0300. The van der Waals surface area contributed by atoms with Crippen molar-refractivity contribution < 1.29 is 0 Å². The maximum Gasteiger partial charge on any atom is 0.0286 e. The SMILES string of the molecule is NCCN(CCN)C(=S)[S-]. The van der Waals surface area contributed by atoms with Crippen LogP contribution in [0.2, 0.25) is 0 Å². The van der Waals surface area contributed by atoms with Gasteiger partial charge in [-0.2, -0.15) is 0 Å². The van der Waals surface area contributed by atoms with Gasteiger partial charge in [-0.25, -0.2) is 0 Å². The van der Waals surface area contributed by atoms with Crippen LogP contribution >= 0.6 is 12.2 Å². The fourth-order valence-electron chi connectivity index (χ4n) is 0.606. The van der Waals surface area contributed by atoms with E-state index in [1.54, 1.807) is 0 Å². The zero-order valence-corrected chi connectivity index (χ0v) is 7.38. The van der Waals surface area contributed by atoms with Crippen molar-refractivity contribution in [2.75, 3.05) is 26.2 Å². The third kappa shape index (κ3) is 3.94. The molecule has 0 heterocycles. The average molecular weight is 178 g/mol. The molecule has 0 aliphatic heterocycles. The summed E-state index contributed by atoms with van der Waals surface area (Å²) in [5.41, 5.74) is 10.6. The van der Waals surface area contributed by atoms with E-state index in [9.17, 15) is 0 Å². The minimum Gasteiger partial charge on any atom is -0.411 e. The van der Waals surface area contributed by atoms with Crippen LogP contribution in [0.1, 0.15) is 0 Å². The largest absolute Gasteiger partial charge is 0.411 e. The van der Waals surface area contributed by atoms with Crippen LogP contribution in [0.25, 0.3) is 0 Å². The van der Waals surface area contributed by atoms with Gasteiger partial charge in [0.05, 0.1) is 0 Å². The molecule has 0 aromatic carbocycles. The molecule has 0 radical (unpaired) electrons. The van der Waals surface area contributed by atoms with Gasteiger partial charge in [-0.1, -0.05) is 4.32 Å². The van der Waals surface area contributed by atoms with Crippen LogP contribution in [0.15, 0.2) is 0 Å². The molecular formula is C5H12N3S2-. The second-order valence-corrected chi connectivity index (χ2v) is 2.86. The quantitative estimate of drug-likeness (QED) is 0.429. The summed E-state index contributed by atoms with van der Waals surface area (Å²) in [5.74, 6) is 0. The lowest BCUT2D eigenvalue weighted by atomic mass is 10.5. The number of hydrogen-bond donors (Lipinski definition) is 2. The lowest BCUT2D eigenvalue weighted by Crippen LogP contribution is -2.36. The second kappa shape index (κ2) is 5.79. The van der Waals surface area contributed by atoms with Crippen molar-refractivity contribution >= 4 is 29.2 Å². The molecule has 0 aromatic heterocycles. The Morgan fingerprint density at radius 1 is 1.30 bits per heavy atom. The minimum atomic E-state index is 0.455. The Morgan fingerprint density at radius 3 is 1.90 bits per heavy atom. The first kappa shape index (κ1) is 10.0. The maximum atomic E-state index is 5.31. The highest BCUT2D eigenvalue weighted by molar-refractivity contribution is 8.00. The molecule has 0 aliphatic rings. The van der Waals surface area contributed by atoms with Crippen LogP contribution in [0.5, 0.6) is 0 Å². The maximum absolute atomic E-state index is 5.31. The highest BCUT2D eigenvalue weighted by atomic mass is 32.1. The molecule has 0 amide bonds. The molecule has 60 valence electrons. The normalized spacial score (nSPS) is 9.40. The number of nitrogens with zero attached hydrogens (tertiary/aromatic N) is 1. The van der Waals surface area contributed by atoms with Crippen molar-refractivity contribution in [2.24, 2.45) is 11.5 Å². The average Bonchev–Trinajstić information content (AvgIpc) is 1.87. The van der Waals surface area contributed by atoms with Gasteiger partial charge in [0.25, 0.3) is 0 Å². The standard InChI is InChI=1S/C5H13N3S2/c6-1-3-8(4-2-7)5(9)10/h1-4,6-7H2,(H,9,10)/p-1. The predicted molar refractivity (Wildman–Crippen MR) is 49.6 cm³/mol. The summed E-state index contributed by atoms with van der Waals surface area (Å²) in [6, 6.07) is 0. The summed E-state index contributed by atoms with van der Waals surface area (Å²) in [6.45, 7) is 2.55. The fourth-order valence-corrected chi connectivity index (χ4v) is 0.971. The summed E-state index contributed by atoms with van der Waals surface area (Å²) >= 11 is 9.56. The van der Waals surface area contributed by atoms with Gasteiger partial charge >= 0.3 is 0 Å². The van der Waals surface area contributed by atoms with Crippen LogP contribution in [0, 0.1) is 0 Å².